The highest BCUT2D eigenvalue weighted by Crippen LogP contribution is 2.41. The smallest absolute Gasteiger partial charge is 0.276 e. The maximum Gasteiger partial charge on any atom is 0.276 e. The van der Waals surface area contributed by atoms with E-state index in [1.165, 1.54) is 12.3 Å². The zero-order valence-corrected chi connectivity index (χ0v) is 15.7. The van der Waals surface area contributed by atoms with Crippen LogP contribution in [0.2, 0.25) is 0 Å². The Labute approximate surface area is 159 Å². The molecule has 1 aromatic heterocycles. The lowest BCUT2D eigenvalue weighted by atomic mass is 9.71. The Balaban J connectivity index is 1.41. The number of β-amino-alcohol motifs (C(OH)–C–C–N with tert-alkyl or cyclic N) is 1. The minimum atomic E-state index is -0.302. The van der Waals surface area contributed by atoms with Crippen molar-refractivity contribution in [3.05, 3.63) is 24.0 Å². The van der Waals surface area contributed by atoms with Crippen molar-refractivity contribution in [1.29, 1.82) is 0 Å². The van der Waals surface area contributed by atoms with Gasteiger partial charge >= 0.3 is 0 Å². The average Bonchev–Trinajstić information content (AvgIpc) is 2.68. The Morgan fingerprint density at radius 1 is 1.26 bits per heavy atom. The lowest BCUT2D eigenvalue weighted by Crippen LogP contribution is -2.57. The van der Waals surface area contributed by atoms with Crippen molar-refractivity contribution >= 4 is 5.91 Å². The number of nitrogens with zero attached hydrogens (tertiary/aromatic N) is 3. The molecule has 2 N–H and O–H groups in total. The molecular weight excluding hydrogens is 346 g/mol. The van der Waals surface area contributed by atoms with Crippen LogP contribution in [-0.2, 0) is 4.74 Å². The van der Waals surface area contributed by atoms with E-state index in [0.29, 0.717) is 19.1 Å². The fourth-order valence-electron chi connectivity index (χ4n) is 4.98. The van der Waals surface area contributed by atoms with Gasteiger partial charge in [-0.25, -0.2) is 4.98 Å². The highest BCUT2D eigenvalue weighted by atomic mass is 16.5. The molecule has 1 aromatic rings. The van der Waals surface area contributed by atoms with E-state index in [0.717, 1.165) is 58.4 Å². The van der Waals surface area contributed by atoms with E-state index in [1.54, 1.807) is 11.0 Å². The fourth-order valence-corrected chi connectivity index (χ4v) is 4.98. The summed E-state index contributed by atoms with van der Waals surface area (Å²) in [5.74, 6) is -0.276. The van der Waals surface area contributed by atoms with Gasteiger partial charge in [-0.3, -0.25) is 9.69 Å². The summed E-state index contributed by atoms with van der Waals surface area (Å²) < 4.78 is 5.49. The van der Waals surface area contributed by atoms with Gasteiger partial charge in [0.1, 0.15) is 5.75 Å². The normalized spacial score (nSPS) is 27.0. The van der Waals surface area contributed by atoms with Crippen LogP contribution in [-0.4, -0.2) is 82.4 Å². The lowest BCUT2D eigenvalue weighted by Gasteiger charge is -2.51. The van der Waals surface area contributed by atoms with Gasteiger partial charge in [-0.1, -0.05) is 0 Å². The van der Waals surface area contributed by atoms with Gasteiger partial charge in [0.2, 0.25) is 0 Å². The molecule has 3 fully saturated rings. The van der Waals surface area contributed by atoms with Crippen LogP contribution in [0.5, 0.6) is 5.75 Å². The molecule has 7 heteroatoms. The molecule has 1 atom stereocenters. The van der Waals surface area contributed by atoms with E-state index >= 15 is 0 Å². The first-order valence-corrected chi connectivity index (χ1v) is 9.99. The standard InChI is InChI=1S/C20H29N3O4/c24-16-12-20(14-23(13-16)15-3-10-27-11-4-15)5-8-22(9-6-20)19(26)18-17(25)2-1-7-21-18/h1-2,7,15-16,24-25H,3-6,8-14H2. The summed E-state index contributed by atoms with van der Waals surface area (Å²) in [7, 11) is 0. The molecule has 148 valence electrons. The second-order valence-electron chi connectivity index (χ2n) is 8.29. The van der Waals surface area contributed by atoms with Gasteiger partial charge < -0.3 is 19.8 Å². The molecule has 27 heavy (non-hydrogen) atoms. The molecule has 0 bridgehead atoms. The SMILES string of the molecule is O=C(c1ncccc1O)N1CCC2(CC1)CC(O)CN(C1CCOCC1)C2. The number of pyridine rings is 1. The number of hydrogen-bond acceptors (Lipinski definition) is 6. The summed E-state index contributed by atoms with van der Waals surface area (Å²) >= 11 is 0. The lowest BCUT2D eigenvalue weighted by molar-refractivity contribution is -0.0695. The number of carbonyl (C=O) groups is 1. The summed E-state index contributed by atoms with van der Waals surface area (Å²) in [5.41, 5.74) is 0.194. The molecule has 0 aliphatic carbocycles. The van der Waals surface area contributed by atoms with Crippen molar-refractivity contribution in [1.82, 2.24) is 14.8 Å². The first kappa shape index (κ1) is 18.7. The van der Waals surface area contributed by atoms with E-state index < -0.39 is 0 Å². The molecule has 4 heterocycles. The number of ether oxygens (including phenoxy) is 1. The second kappa shape index (κ2) is 7.73. The van der Waals surface area contributed by atoms with Crippen molar-refractivity contribution in [2.24, 2.45) is 5.41 Å². The number of amides is 1. The average molecular weight is 375 g/mol. The van der Waals surface area contributed by atoms with Gasteiger partial charge in [-0.2, -0.15) is 0 Å². The number of aliphatic hydroxyl groups excluding tert-OH is 1. The molecule has 3 saturated heterocycles. The van der Waals surface area contributed by atoms with Crippen LogP contribution < -0.4 is 0 Å². The summed E-state index contributed by atoms with van der Waals surface area (Å²) in [6.07, 6.45) is 5.86. The highest BCUT2D eigenvalue weighted by molar-refractivity contribution is 5.94. The number of piperidine rings is 2. The van der Waals surface area contributed by atoms with Crippen molar-refractivity contribution < 1.29 is 19.7 Å². The van der Waals surface area contributed by atoms with Crippen LogP contribution in [0.25, 0.3) is 0 Å². The van der Waals surface area contributed by atoms with Gasteiger partial charge in [0.25, 0.3) is 5.91 Å². The summed E-state index contributed by atoms with van der Waals surface area (Å²) in [6, 6.07) is 3.61. The number of hydrogen-bond donors (Lipinski definition) is 2. The third-order valence-electron chi connectivity index (χ3n) is 6.46. The van der Waals surface area contributed by atoms with Crippen LogP contribution in [0.4, 0.5) is 0 Å². The topological polar surface area (TPSA) is 86.1 Å². The Morgan fingerprint density at radius 3 is 2.70 bits per heavy atom. The van der Waals surface area contributed by atoms with Crippen LogP contribution in [0, 0.1) is 5.41 Å². The predicted molar refractivity (Wildman–Crippen MR) is 99.5 cm³/mol. The van der Waals surface area contributed by atoms with Crippen LogP contribution in [0.15, 0.2) is 18.3 Å². The largest absolute Gasteiger partial charge is 0.505 e. The molecule has 4 rings (SSSR count). The van der Waals surface area contributed by atoms with E-state index in [9.17, 15) is 15.0 Å². The quantitative estimate of drug-likeness (QED) is 0.809. The molecule has 1 amide bonds. The van der Waals surface area contributed by atoms with Gasteiger partial charge in [0.05, 0.1) is 6.10 Å². The monoisotopic (exact) mass is 375 g/mol. The van der Waals surface area contributed by atoms with Gasteiger partial charge in [-0.15, -0.1) is 0 Å². The summed E-state index contributed by atoms with van der Waals surface area (Å²) in [5, 5.41) is 20.4. The third kappa shape index (κ3) is 3.95. The van der Waals surface area contributed by atoms with Crippen LogP contribution >= 0.6 is 0 Å². The van der Waals surface area contributed by atoms with Crippen LogP contribution in [0.3, 0.4) is 0 Å². The molecule has 7 nitrogen and oxygen atoms in total. The number of aliphatic hydroxyl groups is 1. The number of carbonyl (C=O) groups excluding carboxylic acids is 1. The Kier molecular flexibility index (Phi) is 5.34. The molecule has 0 saturated carbocycles. The molecule has 1 unspecified atom stereocenters. The predicted octanol–water partition coefficient (Wildman–Crippen LogP) is 1.26. The third-order valence-corrected chi connectivity index (χ3v) is 6.46. The maximum atomic E-state index is 12.7. The molecular formula is C20H29N3O4. The Morgan fingerprint density at radius 2 is 2.00 bits per heavy atom. The summed E-state index contributed by atoms with van der Waals surface area (Å²) in [6.45, 7) is 4.63. The van der Waals surface area contributed by atoms with E-state index in [-0.39, 0.29) is 28.9 Å². The molecule has 3 aliphatic rings. The second-order valence-corrected chi connectivity index (χ2v) is 8.29. The van der Waals surface area contributed by atoms with Gasteiger partial charge in [0, 0.05) is 51.6 Å². The zero-order valence-electron chi connectivity index (χ0n) is 15.7. The molecule has 1 spiro atoms. The number of aromatic nitrogens is 1. The van der Waals surface area contributed by atoms with Crippen molar-refractivity contribution in [3.63, 3.8) is 0 Å². The number of likely N-dealkylation sites (tertiary alicyclic amines) is 2. The van der Waals surface area contributed by atoms with E-state index in [2.05, 4.69) is 9.88 Å². The fraction of sp³-hybridized carbons (Fsp3) is 0.700. The van der Waals surface area contributed by atoms with Crippen molar-refractivity contribution in [3.8, 4) is 5.75 Å². The maximum absolute atomic E-state index is 12.7. The highest BCUT2D eigenvalue weighted by Gasteiger charge is 2.44. The van der Waals surface area contributed by atoms with Crippen molar-refractivity contribution in [2.75, 3.05) is 39.4 Å². The van der Waals surface area contributed by atoms with Gasteiger partial charge in [-0.05, 0) is 49.7 Å². The number of rotatable bonds is 2. The first-order chi connectivity index (χ1) is 13.1. The van der Waals surface area contributed by atoms with Gasteiger partial charge in [0.15, 0.2) is 5.69 Å². The molecule has 0 aromatic carbocycles. The minimum Gasteiger partial charge on any atom is -0.505 e. The summed E-state index contributed by atoms with van der Waals surface area (Å²) in [4.78, 5) is 21.0. The van der Waals surface area contributed by atoms with Crippen LogP contribution in [0.1, 0.15) is 42.6 Å². The molecule has 3 aliphatic heterocycles. The van der Waals surface area contributed by atoms with E-state index in [4.69, 9.17) is 4.74 Å². The number of aromatic hydroxyl groups is 1. The Bertz CT molecular complexity index is 669. The minimum absolute atomic E-state index is 0.0680. The first-order valence-electron chi connectivity index (χ1n) is 9.99. The van der Waals surface area contributed by atoms with E-state index in [1.807, 2.05) is 0 Å². The van der Waals surface area contributed by atoms with Crippen molar-refractivity contribution in [2.45, 2.75) is 44.2 Å². The Hall–Kier alpha value is -1.70. The zero-order chi connectivity index (χ0) is 18.9. The molecule has 0 radical (unpaired) electrons.